The van der Waals surface area contributed by atoms with E-state index < -0.39 is 10.8 Å². The van der Waals surface area contributed by atoms with Crippen LogP contribution in [0.4, 0.5) is 5.13 Å². The molecule has 1 unspecified atom stereocenters. The average Bonchev–Trinajstić information content (AvgIpc) is 3.39. The molecule has 2 aliphatic rings. The number of thiazole rings is 1. The van der Waals surface area contributed by atoms with Gasteiger partial charge in [0, 0.05) is 25.3 Å². The van der Waals surface area contributed by atoms with E-state index in [0.29, 0.717) is 33.8 Å². The lowest BCUT2D eigenvalue weighted by atomic mass is 10.0. The van der Waals surface area contributed by atoms with E-state index in [4.69, 9.17) is 0 Å². The highest BCUT2D eigenvalue weighted by atomic mass is 32.2. The van der Waals surface area contributed by atoms with E-state index in [2.05, 4.69) is 17.2 Å². The Labute approximate surface area is 177 Å². The van der Waals surface area contributed by atoms with Crippen molar-refractivity contribution in [2.24, 2.45) is 5.92 Å². The number of nitrogens with one attached hydrogen (secondary N) is 1. The summed E-state index contributed by atoms with van der Waals surface area (Å²) in [7, 11) is -1.24. The summed E-state index contributed by atoms with van der Waals surface area (Å²) in [5.41, 5.74) is 3.26. The van der Waals surface area contributed by atoms with Crippen LogP contribution < -0.4 is 5.32 Å². The van der Waals surface area contributed by atoms with Gasteiger partial charge in [0.05, 0.1) is 31.8 Å². The minimum absolute atomic E-state index is 0.00251. The molecular formula is C21H25N3O3S2. The summed E-state index contributed by atoms with van der Waals surface area (Å²) < 4.78 is 12.8. The molecule has 1 fully saturated rings. The molecule has 154 valence electrons. The molecule has 29 heavy (non-hydrogen) atoms. The molecule has 8 heteroatoms. The number of rotatable bonds is 6. The van der Waals surface area contributed by atoms with Crippen molar-refractivity contribution in [3.8, 4) is 10.4 Å². The van der Waals surface area contributed by atoms with Gasteiger partial charge in [-0.05, 0) is 55.9 Å². The monoisotopic (exact) mass is 431 g/mol. The SMILES string of the molecule is CC[S@](=O)c1cc(-c2sc(NC(C)=O)nc2C)cc2c1C(=O)N(C(C)C1CC1)C2. The van der Waals surface area contributed by atoms with Crippen LogP contribution in [0.2, 0.25) is 0 Å². The van der Waals surface area contributed by atoms with Gasteiger partial charge < -0.3 is 10.2 Å². The first kappa shape index (κ1) is 20.2. The zero-order valence-electron chi connectivity index (χ0n) is 17.1. The minimum atomic E-state index is -1.24. The third-order valence-electron chi connectivity index (χ3n) is 5.64. The zero-order chi connectivity index (χ0) is 20.9. The predicted molar refractivity (Wildman–Crippen MR) is 116 cm³/mol. The van der Waals surface area contributed by atoms with Gasteiger partial charge >= 0.3 is 0 Å². The number of anilines is 1. The minimum Gasteiger partial charge on any atom is -0.331 e. The van der Waals surface area contributed by atoms with Gasteiger partial charge in [0.2, 0.25) is 5.91 Å². The van der Waals surface area contributed by atoms with Crippen LogP contribution in [0.15, 0.2) is 17.0 Å². The van der Waals surface area contributed by atoms with Crippen molar-refractivity contribution in [2.45, 2.75) is 58.0 Å². The highest BCUT2D eigenvalue weighted by Crippen LogP contribution is 2.42. The van der Waals surface area contributed by atoms with Crippen molar-refractivity contribution in [2.75, 3.05) is 11.1 Å². The lowest BCUT2D eigenvalue weighted by molar-refractivity contribution is -0.114. The molecule has 2 aromatic rings. The Hall–Kier alpha value is -2.06. The van der Waals surface area contributed by atoms with Gasteiger partial charge in [-0.15, -0.1) is 0 Å². The molecule has 0 bridgehead atoms. The van der Waals surface area contributed by atoms with E-state index in [0.717, 1.165) is 21.7 Å². The number of hydrogen-bond donors (Lipinski definition) is 1. The second-order valence-electron chi connectivity index (χ2n) is 7.77. The Balaban J connectivity index is 1.78. The number of carbonyl (C=O) groups is 2. The smallest absolute Gasteiger partial charge is 0.255 e. The Morgan fingerprint density at radius 1 is 1.41 bits per heavy atom. The Bertz CT molecular complexity index is 1030. The predicted octanol–water partition coefficient (Wildman–Crippen LogP) is 3.96. The molecule has 1 aromatic carbocycles. The summed E-state index contributed by atoms with van der Waals surface area (Å²) in [6, 6.07) is 4.11. The fraction of sp³-hybridized carbons (Fsp3) is 0.476. The molecule has 1 N–H and O–H groups in total. The maximum Gasteiger partial charge on any atom is 0.255 e. The fourth-order valence-corrected chi connectivity index (χ4v) is 5.95. The molecule has 1 saturated carbocycles. The van der Waals surface area contributed by atoms with Gasteiger partial charge in [-0.1, -0.05) is 18.3 Å². The van der Waals surface area contributed by atoms with Crippen LogP contribution in [0.1, 0.15) is 55.2 Å². The van der Waals surface area contributed by atoms with Crippen LogP contribution >= 0.6 is 11.3 Å². The molecule has 0 saturated heterocycles. The summed E-state index contributed by atoms with van der Waals surface area (Å²) >= 11 is 1.40. The summed E-state index contributed by atoms with van der Waals surface area (Å²) in [5, 5.41) is 3.28. The van der Waals surface area contributed by atoms with Crippen molar-refractivity contribution in [3.05, 3.63) is 29.0 Å². The number of fused-ring (bicyclic) bond motifs is 1. The van der Waals surface area contributed by atoms with Gasteiger partial charge in [0.1, 0.15) is 0 Å². The van der Waals surface area contributed by atoms with Crippen LogP contribution in [0, 0.1) is 12.8 Å². The zero-order valence-corrected chi connectivity index (χ0v) is 18.7. The fourth-order valence-electron chi connectivity index (χ4n) is 3.94. The second kappa shape index (κ2) is 7.65. The Kier molecular flexibility index (Phi) is 5.33. The third-order valence-corrected chi connectivity index (χ3v) is 8.10. The molecule has 2 amide bonds. The Morgan fingerprint density at radius 2 is 2.14 bits per heavy atom. The highest BCUT2D eigenvalue weighted by Gasteiger charge is 2.40. The van der Waals surface area contributed by atoms with E-state index in [9.17, 15) is 13.8 Å². The number of amides is 2. The van der Waals surface area contributed by atoms with Gasteiger partial charge in [0.25, 0.3) is 5.91 Å². The van der Waals surface area contributed by atoms with Crippen LogP contribution in [0.3, 0.4) is 0 Å². The molecule has 6 nitrogen and oxygen atoms in total. The van der Waals surface area contributed by atoms with E-state index in [1.807, 2.05) is 30.9 Å². The quantitative estimate of drug-likeness (QED) is 0.751. The van der Waals surface area contributed by atoms with E-state index in [-0.39, 0.29) is 17.9 Å². The first-order chi connectivity index (χ1) is 13.8. The molecule has 4 rings (SSSR count). The van der Waals surface area contributed by atoms with Gasteiger partial charge in [-0.2, -0.15) is 0 Å². The molecule has 2 atom stereocenters. The first-order valence-electron chi connectivity index (χ1n) is 9.91. The third kappa shape index (κ3) is 3.75. The van der Waals surface area contributed by atoms with Crippen molar-refractivity contribution >= 4 is 39.1 Å². The normalized spacial score (nSPS) is 17.9. The van der Waals surface area contributed by atoms with Gasteiger partial charge in [-0.3, -0.25) is 13.8 Å². The summed E-state index contributed by atoms with van der Waals surface area (Å²) in [6.07, 6.45) is 2.35. The molecule has 1 aromatic heterocycles. The number of aromatic nitrogens is 1. The van der Waals surface area contributed by atoms with E-state index in [1.54, 1.807) is 0 Å². The maximum absolute atomic E-state index is 13.2. The van der Waals surface area contributed by atoms with Crippen LogP contribution in [-0.2, 0) is 22.1 Å². The number of carbonyl (C=O) groups excluding carboxylic acids is 2. The molecular weight excluding hydrogens is 406 g/mol. The van der Waals surface area contributed by atoms with Crippen molar-refractivity contribution in [1.82, 2.24) is 9.88 Å². The van der Waals surface area contributed by atoms with Crippen LogP contribution in [0.25, 0.3) is 10.4 Å². The number of benzene rings is 1. The largest absolute Gasteiger partial charge is 0.331 e. The Morgan fingerprint density at radius 3 is 2.76 bits per heavy atom. The highest BCUT2D eigenvalue weighted by molar-refractivity contribution is 7.85. The van der Waals surface area contributed by atoms with Crippen LogP contribution in [-0.4, -0.2) is 37.7 Å². The van der Waals surface area contributed by atoms with Crippen molar-refractivity contribution in [3.63, 3.8) is 0 Å². The van der Waals surface area contributed by atoms with Crippen molar-refractivity contribution in [1.29, 1.82) is 0 Å². The second-order valence-corrected chi connectivity index (χ2v) is 10.5. The molecule has 2 heterocycles. The molecule has 1 aliphatic heterocycles. The van der Waals surface area contributed by atoms with E-state index in [1.165, 1.54) is 31.1 Å². The molecule has 0 radical (unpaired) electrons. The van der Waals surface area contributed by atoms with Crippen molar-refractivity contribution < 1.29 is 13.8 Å². The lowest BCUT2D eigenvalue weighted by Gasteiger charge is -2.24. The van der Waals surface area contributed by atoms with Crippen LogP contribution in [0.5, 0.6) is 0 Å². The van der Waals surface area contributed by atoms with E-state index >= 15 is 0 Å². The van der Waals surface area contributed by atoms with Gasteiger partial charge in [-0.25, -0.2) is 4.98 Å². The van der Waals surface area contributed by atoms with Gasteiger partial charge in [0.15, 0.2) is 5.13 Å². The molecule has 1 aliphatic carbocycles. The molecule has 0 spiro atoms. The topological polar surface area (TPSA) is 79.4 Å². The number of nitrogens with zero attached hydrogens (tertiary/aromatic N) is 2. The number of hydrogen-bond acceptors (Lipinski definition) is 5. The average molecular weight is 432 g/mol. The number of aryl methyl sites for hydroxylation is 1. The summed E-state index contributed by atoms with van der Waals surface area (Å²) in [6.45, 7) is 7.89. The summed E-state index contributed by atoms with van der Waals surface area (Å²) in [5.74, 6) is 0.877. The standard InChI is InChI=1S/C21H25N3O3S2/c1-5-29(27)17-9-15(19-11(2)22-21(28-19)23-13(4)25)8-16-10-24(20(26)18(16)17)12(3)14-6-7-14/h8-9,12,14H,5-7,10H2,1-4H3,(H,22,23,25)/t12?,29-/m0/s1. The first-order valence-corrected chi connectivity index (χ1v) is 12.0. The summed E-state index contributed by atoms with van der Waals surface area (Å²) in [4.78, 5) is 32.5. The maximum atomic E-state index is 13.2. The lowest BCUT2D eigenvalue weighted by Crippen LogP contribution is -2.34.